The van der Waals surface area contributed by atoms with Crippen LogP contribution < -0.4 is 4.90 Å². The molecule has 0 saturated carbocycles. The third-order valence-corrected chi connectivity index (χ3v) is 5.45. The van der Waals surface area contributed by atoms with Crippen LogP contribution in [0.15, 0.2) is 53.1 Å². The van der Waals surface area contributed by atoms with Gasteiger partial charge in [-0.3, -0.25) is 4.79 Å². The number of amides is 1. The largest absolute Gasteiger partial charge is 0.368 e. The van der Waals surface area contributed by atoms with Crippen molar-refractivity contribution < 1.29 is 9.32 Å². The van der Waals surface area contributed by atoms with Crippen molar-refractivity contribution in [3.63, 3.8) is 0 Å². The van der Waals surface area contributed by atoms with Crippen LogP contribution in [0.2, 0.25) is 0 Å². The van der Waals surface area contributed by atoms with Gasteiger partial charge in [0.2, 0.25) is 0 Å². The predicted molar refractivity (Wildman–Crippen MR) is 111 cm³/mol. The lowest BCUT2D eigenvalue weighted by atomic mass is 10.0. The topological polar surface area (TPSA) is 49.6 Å². The number of anilines is 1. The SMILES string of the molecule is Cc1ccccc1N1CCN(C(=O)c2cccc(-c3c(C)noc3C)c2)CC1. The van der Waals surface area contributed by atoms with E-state index in [1.807, 2.05) is 43.0 Å². The molecule has 1 aromatic heterocycles. The second kappa shape index (κ2) is 7.50. The molecule has 28 heavy (non-hydrogen) atoms. The summed E-state index contributed by atoms with van der Waals surface area (Å²) in [5.41, 5.74) is 6.03. The van der Waals surface area contributed by atoms with E-state index < -0.39 is 0 Å². The summed E-state index contributed by atoms with van der Waals surface area (Å²) in [5.74, 6) is 0.854. The van der Waals surface area contributed by atoms with E-state index in [4.69, 9.17) is 4.52 Å². The Morgan fingerprint density at radius 1 is 0.964 bits per heavy atom. The average molecular weight is 375 g/mol. The molecule has 1 fully saturated rings. The van der Waals surface area contributed by atoms with Crippen molar-refractivity contribution in [2.24, 2.45) is 0 Å². The molecule has 0 radical (unpaired) electrons. The van der Waals surface area contributed by atoms with E-state index in [0.29, 0.717) is 5.56 Å². The quantitative estimate of drug-likeness (QED) is 0.687. The predicted octanol–water partition coefficient (Wildman–Crippen LogP) is 4.23. The zero-order valence-electron chi connectivity index (χ0n) is 16.6. The fraction of sp³-hybridized carbons (Fsp3) is 0.304. The summed E-state index contributed by atoms with van der Waals surface area (Å²) in [6, 6.07) is 16.2. The van der Waals surface area contributed by atoms with Crippen molar-refractivity contribution in [3.05, 3.63) is 71.1 Å². The molecule has 0 unspecified atom stereocenters. The van der Waals surface area contributed by atoms with Gasteiger partial charge in [0.15, 0.2) is 0 Å². The van der Waals surface area contributed by atoms with E-state index in [9.17, 15) is 4.79 Å². The van der Waals surface area contributed by atoms with Gasteiger partial charge in [0.05, 0.1) is 5.69 Å². The first-order chi connectivity index (χ1) is 13.5. The number of aryl methyl sites for hydroxylation is 3. The third-order valence-electron chi connectivity index (χ3n) is 5.45. The highest BCUT2D eigenvalue weighted by molar-refractivity contribution is 5.95. The Bertz CT molecular complexity index is 981. The van der Waals surface area contributed by atoms with Gasteiger partial charge >= 0.3 is 0 Å². The summed E-state index contributed by atoms with van der Waals surface area (Å²) in [6.45, 7) is 9.10. The van der Waals surface area contributed by atoms with Crippen molar-refractivity contribution in [2.75, 3.05) is 31.1 Å². The van der Waals surface area contributed by atoms with Gasteiger partial charge in [-0.05, 0) is 50.1 Å². The summed E-state index contributed by atoms with van der Waals surface area (Å²) < 4.78 is 5.28. The Kier molecular flexibility index (Phi) is 4.90. The first kappa shape index (κ1) is 18.3. The standard InChI is InChI=1S/C23H25N3O2/c1-16-7-4-5-10-21(16)25-11-13-26(14-12-25)23(27)20-9-6-8-19(15-20)22-17(2)24-28-18(22)3/h4-10,15H,11-14H2,1-3H3. The van der Waals surface area contributed by atoms with Crippen LogP contribution >= 0.6 is 0 Å². The van der Waals surface area contributed by atoms with E-state index in [1.165, 1.54) is 11.3 Å². The van der Waals surface area contributed by atoms with Crippen molar-refractivity contribution in [1.82, 2.24) is 10.1 Å². The number of hydrogen-bond donors (Lipinski definition) is 0. The lowest BCUT2D eigenvalue weighted by molar-refractivity contribution is 0.0747. The molecular weight excluding hydrogens is 350 g/mol. The molecular formula is C23H25N3O2. The number of aromatic nitrogens is 1. The number of piperazine rings is 1. The lowest BCUT2D eigenvalue weighted by Gasteiger charge is -2.36. The molecule has 4 rings (SSSR count). The maximum absolute atomic E-state index is 13.1. The number of hydrogen-bond acceptors (Lipinski definition) is 4. The van der Waals surface area contributed by atoms with E-state index in [1.54, 1.807) is 0 Å². The zero-order valence-corrected chi connectivity index (χ0v) is 16.6. The molecule has 0 spiro atoms. The Hall–Kier alpha value is -3.08. The molecule has 1 aliphatic rings. The number of carbonyl (C=O) groups excluding carboxylic acids is 1. The molecule has 1 saturated heterocycles. The Morgan fingerprint density at radius 2 is 1.71 bits per heavy atom. The van der Waals surface area contributed by atoms with E-state index in [2.05, 4.69) is 41.2 Å². The van der Waals surface area contributed by atoms with Gasteiger partial charge in [-0.1, -0.05) is 35.5 Å². The minimum atomic E-state index is 0.0815. The number of benzene rings is 2. The van der Waals surface area contributed by atoms with Gasteiger partial charge in [-0.25, -0.2) is 0 Å². The molecule has 0 bridgehead atoms. The molecule has 0 atom stereocenters. The highest BCUT2D eigenvalue weighted by atomic mass is 16.5. The van der Waals surface area contributed by atoms with Crippen LogP contribution in [0.25, 0.3) is 11.1 Å². The molecule has 0 aliphatic carbocycles. The fourth-order valence-corrected chi connectivity index (χ4v) is 3.95. The maximum atomic E-state index is 13.1. The van der Waals surface area contributed by atoms with E-state index in [0.717, 1.165) is 48.8 Å². The summed E-state index contributed by atoms with van der Waals surface area (Å²) >= 11 is 0. The van der Waals surface area contributed by atoms with Crippen molar-refractivity contribution in [3.8, 4) is 11.1 Å². The molecule has 5 nitrogen and oxygen atoms in total. The third kappa shape index (κ3) is 3.40. The summed E-state index contributed by atoms with van der Waals surface area (Å²) in [6.07, 6.45) is 0. The normalized spacial score (nSPS) is 14.4. The summed E-state index contributed by atoms with van der Waals surface area (Å²) in [4.78, 5) is 17.4. The molecule has 144 valence electrons. The van der Waals surface area contributed by atoms with Gasteiger partial charge < -0.3 is 14.3 Å². The highest BCUT2D eigenvalue weighted by Crippen LogP contribution is 2.28. The molecule has 1 amide bonds. The van der Waals surface area contributed by atoms with Crippen molar-refractivity contribution in [1.29, 1.82) is 0 Å². The summed E-state index contributed by atoms with van der Waals surface area (Å²) in [5, 5.41) is 4.03. The monoisotopic (exact) mass is 375 g/mol. The van der Waals surface area contributed by atoms with Gasteiger partial charge in [-0.15, -0.1) is 0 Å². The summed E-state index contributed by atoms with van der Waals surface area (Å²) in [7, 11) is 0. The van der Waals surface area contributed by atoms with Crippen LogP contribution in [0.5, 0.6) is 0 Å². The number of nitrogens with zero attached hydrogens (tertiary/aromatic N) is 3. The number of rotatable bonds is 3. The molecule has 3 aromatic rings. The van der Waals surface area contributed by atoms with Crippen LogP contribution in [0.3, 0.4) is 0 Å². The minimum Gasteiger partial charge on any atom is -0.368 e. The van der Waals surface area contributed by atoms with Crippen LogP contribution in [0, 0.1) is 20.8 Å². The van der Waals surface area contributed by atoms with E-state index >= 15 is 0 Å². The van der Waals surface area contributed by atoms with Gasteiger partial charge in [0.25, 0.3) is 5.91 Å². The second-order valence-electron chi connectivity index (χ2n) is 7.35. The first-order valence-corrected chi connectivity index (χ1v) is 9.68. The second-order valence-corrected chi connectivity index (χ2v) is 7.35. The number of carbonyl (C=O) groups is 1. The smallest absolute Gasteiger partial charge is 0.253 e. The van der Waals surface area contributed by atoms with Crippen molar-refractivity contribution in [2.45, 2.75) is 20.8 Å². The fourth-order valence-electron chi connectivity index (χ4n) is 3.95. The van der Waals surface area contributed by atoms with Gasteiger partial charge in [0.1, 0.15) is 5.76 Å². The van der Waals surface area contributed by atoms with Crippen LogP contribution in [0.1, 0.15) is 27.4 Å². The number of para-hydroxylation sites is 1. The van der Waals surface area contributed by atoms with Gasteiger partial charge in [0, 0.05) is 43.0 Å². The van der Waals surface area contributed by atoms with Crippen molar-refractivity contribution >= 4 is 11.6 Å². The van der Waals surface area contributed by atoms with Gasteiger partial charge in [-0.2, -0.15) is 0 Å². The average Bonchev–Trinajstić information content (AvgIpc) is 3.06. The minimum absolute atomic E-state index is 0.0815. The first-order valence-electron chi connectivity index (χ1n) is 9.68. The Balaban J connectivity index is 1.49. The highest BCUT2D eigenvalue weighted by Gasteiger charge is 2.23. The molecule has 1 aliphatic heterocycles. The molecule has 5 heteroatoms. The van der Waals surface area contributed by atoms with Crippen LogP contribution in [-0.2, 0) is 0 Å². The van der Waals surface area contributed by atoms with Crippen LogP contribution in [-0.4, -0.2) is 42.1 Å². The Morgan fingerprint density at radius 3 is 2.39 bits per heavy atom. The lowest BCUT2D eigenvalue weighted by Crippen LogP contribution is -2.49. The molecule has 0 N–H and O–H groups in total. The zero-order chi connectivity index (χ0) is 19.7. The molecule has 2 aromatic carbocycles. The van der Waals surface area contributed by atoms with Crippen LogP contribution in [0.4, 0.5) is 5.69 Å². The Labute approximate surface area is 165 Å². The van der Waals surface area contributed by atoms with E-state index in [-0.39, 0.29) is 5.91 Å². The molecule has 2 heterocycles. The maximum Gasteiger partial charge on any atom is 0.253 e.